The van der Waals surface area contributed by atoms with E-state index in [0.717, 1.165) is 16.3 Å². The number of fused-ring (bicyclic) bond motifs is 2. The van der Waals surface area contributed by atoms with Crippen molar-refractivity contribution in [3.8, 4) is 11.5 Å². The molecule has 0 N–H and O–H groups in total. The van der Waals surface area contributed by atoms with E-state index in [9.17, 15) is 25.9 Å². The van der Waals surface area contributed by atoms with E-state index in [-0.39, 0.29) is 44.9 Å². The Hall–Kier alpha value is -3.54. The van der Waals surface area contributed by atoms with Gasteiger partial charge in [0, 0.05) is 21.9 Å². The molecule has 0 saturated heterocycles. The topological polar surface area (TPSA) is 124 Å². The van der Waals surface area contributed by atoms with Crippen LogP contribution in [0.1, 0.15) is 50.1 Å². The van der Waals surface area contributed by atoms with Gasteiger partial charge in [0.1, 0.15) is 31.7 Å². The summed E-state index contributed by atoms with van der Waals surface area (Å²) in [6, 6.07) is 26.4. The molecular weight excluding hydrogens is 644 g/mol. The number of hydrogen-bond donors (Lipinski definition) is 0. The van der Waals surface area contributed by atoms with Crippen LogP contribution in [-0.2, 0) is 26.7 Å². The minimum atomic E-state index is -4.80. The summed E-state index contributed by atoms with van der Waals surface area (Å²) < 4.78 is 78.5. The summed E-state index contributed by atoms with van der Waals surface area (Å²) >= 11 is 0. The fourth-order valence-electron chi connectivity index (χ4n) is 6.14. The van der Waals surface area contributed by atoms with Crippen LogP contribution in [-0.4, -0.2) is 25.9 Å². The van der Waals surface area contributed by atoms with Gasteiger partial charge in [-0.15, -0.1) is 0 Å². The summed E-state index contributed by atoms with van der Waals surface area (Å²) in [6.07, 6.45) is 2.54. The normalized spacial score (nSPS) is 13.0. The average Bonchev–Trinajstić information content (AvgIpc) is 2.98. The van der Waals surface area contributed by atoms with Crippen LogP contribution >= 0.6 is 0 Å². The van der Waals surface area contributed by atoms with Gasteiger partial charge in [0.2, 0.25) is 0 Å². The van der Waals surface area contributed by atoms with Gasteiger partial charge in [-0.3, -0.25) is 0 Å². The largest absolute Gasteiger partial charge is 1.00 e. The predicted octanol–water partition coefficient (Wildman–Crippen LogP) is 2.51. The smallest absolute Gasteiger partial charge is 0.744 e. The van der Waals surface area contributed by atoms with Crippen molar-refractivity contribution >= 4 is 31.9 Å². The Kier molecular flexibility index (Phi) is 9.74. The first-order chi connectivity index (χ1) is 21.7. The molecule has 1 aliphatic heterocycles. The van der Waals surface area contributed by atoms with Crippen LogP contribution in [0.4, 0.5) is 0 Å². The van der Waals surface area contributed by atoms with Crippen LogP contribution in [0.15, 0.2) is 101 Å². The Morgan fingerprint density at radius 1 is 0.660 bits per heavy atom. The van der Waals surface area contributed by atoms with Crippen molar-refractivity contribution in [2.75, 3.05) is 0 Å². The standard InChI is InChI=1S/C37H32O7S2.Na/c1-22-8-7-9-23(2)32(22)18-26-12-14-29-34(20-26)44-35-21-27(19-33-24(3)16-28(17-25(33)4)45(38,39)40)13-15-30(35)37(29)31-10-5-6-11-36(31)46(41,42)43;/h5-17,19-21H,18H2,1-4H3,(H,38,39,40)(H,41,42,43);/q;+1/p-2/b27-19+;. The van der Waals surface area contributed by atoms with Crippen molar-refractivity contribution in [2.45, 2.75) is 43.9 Å². The molecule has 1 heterocycles. The van der Waals surface area contributed by atoms with Gasteiger partial charge in [-0.25, -0.2) is 16.8 Å². The Morgan fingerprint density at radius 3 is 1.96 bits per heavy atom. The van der Waals surface area contributed by atoms with Crippen LogP contribution < -0.4 is 44.7 Å². The van der Waals surface area contributed by atoms with Crippen LogP contribution in [0.3, 0.4) is 0 Å². The van der Waals surface area contributed by atoms with Gasteiger partial charge in [-0.1, -0.05) is 54.6 Å². The minimum absolute atomic E-state index is 0. The first kappa shape index (κ1) is 34.8. The second-order valence-electron chi connectivity index (χ2n) is 11.6. The fraction of sp³-hybridized carbons (Fsp3) is 0.135. The number of benzene rings is 5. The van der Waals surface area contributed by atoms with Gasteiger partial charge < -0.3 is 13.8 Å². The summed E-state index contributed by atoms with van der Waals surface area (Å²) in [5.41, 5.74) is 8.08. The van der Waals surface area contributed by atoms with E-state index in [2.05, 4.69) is 26.0 Å². The molecule has 0 unspecified atom stereocenters. The van der Waals surface area contributed by atoms with Gasteiger partial charge in [0.05, 0.1) is 9.79 Å². The molecule has 0 fully saturated rings. The van der Waals surface area contributed by atoms with Crippen molar-refractivity contribution in [3.05, 3.63) is 152 Å². The second-order valence-corrected chi connectivity index (χ2v) is 14.4. The van der Waals surface area contributed by atoms with E-state index in [1.54, 1.807) is 26.0 Å². The summed E-state index contributed by atoms with van der Waals surface area (Å²) in [4.78, 5) is -0.605. The third-order valence-electron chi connectivity index (χ3n) is 8.43. The molecule has 0 bridgehead atoms. The van der Waals surface area contributed by atoms with Gasteiger partial charge >= 0.3 is 29.6 Å². The van der Waals surface area contributed by atoms with E-state index >= 15 is 0 Å². The monoisotopic (exact) mass is 673 g/mol. The molecular formula is C37H30NaO7S2-. The minimum Gasteiger partial charge on any atom is -0.744 e. The maximum Gasteiger partial charge on any atom is 1.00 e. The van der Waals surface area contributed by atoms with E-state index in [4.69, 9.17) is 4.74 Å². The summed E-state index contributed by atoms with van der Waals surface area (Å²) in [5.74, 6) is 0.992. The quantitative estimate of drug-likeness (QED) is 0.197. The number of hydrogen-bond acceptors (Lipinski definition) is 7. The molecule has 47 heavy (non-hydrogen) atoms. The van der Waals surface area contributed by atoms with Gasteiger partial charge in [0.15, 0.2) is 0 Å². The Morgan fingerprint density at radius 2 is 1.32 bits per heavy atom. The zero-order valence-corrected chi connectivity index (χ0v) is 30.3. The van der Waals surface area contributed by atoms with E-state index in [1.165, 1.54) is 41.0 Å². The fourth-order valence-corrected chi connectivity index (χ4v) is 7.46. The molecule has 0 amide bonds. The van der Waals surface area contributed by atoms with Crippen LogP contribution in [0.5, 0.6) is 11.5 Å². The summed E-state index contributed by atoms with van der Waals surface area (Å²) in [7, 11) is -9.41. The predicted molar refractivity (Wildman–Crippen MR) is 174 cm³/mol. The SMILES string of the molecule is Cc1cc(S(=O)(=O)[O-])cc(C)c1/C=c1\ccc2c(c1)Oc1cc(Cc3c(C)cccc3C)ccc1C=2c1ccccc1S(=O)(=O)[O-].[Na+]. The number of aryl methyl sites for hydroxylation is 4. The molecule has 1 aliphatic rings. The van der Waals surface area contributed by atoms with E-state index in [0.29, 0.717) is 45.4 Å². The first-order valence-corrected chi connectivity index (χ1v) is 17.4. The molecule has 0 aromatic heterocycles. The third kappa shape index (κ3) is 7.03. The van der Waals surface area contributed by atoms with Gasteiger partial charge in [-0.05, 0) is 121 Å². The van der Waals surface area contributed by atoms with Gasteiger partial charge in [-0.2, -0.15) is 0 Å². The molecule has 0 atom stereocenters. The third-order valence-corrected chi connectivity index (χ3v) is 10.1. The zero-order valence-electron chi connectivity index (χ0n) is 26.6. The summed E-state index contributed by atoms with van der Waals surface area (Å²) in [6.45, 7) is 7.63. The van der Waals surface area contributed by atoms with Crippen molar-refractivity contribution < 1.29 is 60.2 Å². The molecule has 0 radical (unpaired) electrons. The maximum atomic E-state index is 12.4. The molecule has 234 valence electrons. The molecule has 5 aromatic carbocycles. The van der Waals surface area contributed by atoms with E-state index < -0.39 is 20.2 Å². The molecule has 7 nitrogen and oxygen atoms in total. The molecule has 5 aromatic rings. The van der Waals surface area contributed by atoms with Crippen LogP contribution in [0, 0.1) is 27.7 Å². The van der Waals surface area contributed by atoms with Crippen LogP contribution in [0.2, 0.25) is 0 Å². The average molecular weight is 674 g/mol. The molecule has 0 spiro atoms. The van der Waals surface area contributed by atoms with Crippen molar-refractivity contribution in [3.63, 3.8) is 0 Å². The Labute approximate surface area is 297 Å². The molecule has 6 rings (SSSR count). The molecule has 10 heteroatoms. The number of rotatable bonds is 6. The zero-order chi connectivity index (χ0) is 33.0. The second kappa shape index (κ2) is 13.2. The first-order valence-electron chi connectivity index (χ1n) is 14.6. The summed E-state index contributed by atoms with van der Waals surface area (Å²) in [5, 5.41) is 1.35. The van der Waals surface area contributed by atoms with E-state index in [1.807, 2.05) is 48.5 Å². The van der Waals surface area contributed by atoms with Crippen LogP contribution in [0.25, 0.3) is 11.6 Å². The van der Waals surface area contributed by atoms with Crippen molar-refractivity contribution in [1.29, 1.82) is 0 Å². The maximum absolute atomic E-state index is 12.4. The van der Waals surface area contributed by atoms with Crippen molar-refractivity contribution in [1.82, 2.24) is 0 Å². The van der Waals surface area contributed by atoms with Crippen molar-refractivity contribution in [2.24, 2.45) is 0 Å². The Balaban J connectivity index is 0.00000433. The Bertz CT molecular complexity index is 2370. The number of ether oxygens (including phenoxy) is 1. The molecule has 0 saturated carbocycles. The molecule has 0 aliphatic carbocycles. The van der Waals surface area contributed by atoms with Gasteiger partial charge in [0.25, 0.3) is 0 Å².